The lowest BCUT2D eigenvalue weighted by molar-refractivity contribution is 0.0600. The molecule has 27 heavy (non-hydrogen) atoms. The summed E-state index contributed by atoms with van der Waals surface area (Å²) in [7, 11) is -2.38. The molecule has 138 valence electrons. The zero-order valence-electron chi connectivity index (χ0n) is 15.0. The Morgan fingerprint density at radius 2 is 1.30 bits per heavy atom. The van der Waals surface area contributed by atoms with Crippen molar-refractivity contribution in [2.45, 2.75) is 6.92 Å². The predicted octanol–water partition coefficient (Wildman–Crippen LogP) is 4.76. The lowest BCUT2D eigenvalue weighted by Crippen LogP contribution is -2.14. The van der Waals surface area contributed by atoms with Gasteiger partial charge in [0.15, 0.2) is 0 Å². The molecule has 0 saturated carbocycles. The molecule has 0 N–H and O–H groups in total. The summed E-state index contributed by atoms with van der Waals surface area (Å²) in [4.78, 5) is 11.6. The van der Waals surface area contributed by atoms with Gasteiger partial charge in [0.25, 0.3) is 0 Å². The van der Waals surface area contributed by atoms with E-state index >= 15 is 0 Å². The van der Waals surface area contributed by atoms with Crippen molar-refractivity contribution in [3.05, 3.63) is 90.0 Å². The number of benzene rings is 3. The monoisotopic (exact) mass is 382 g/mol. The number of carbonyl (C=O) groups is 1. The Kier molecular flexibility index (Phi) is 5.63. The van der Waals surface area contributed by atoms with Gasteiger partial charge in [0, 0.05) is 0 Å². The van der Waals surface area contributed by atoms with Crippen LogP contribution in [0.15, 0.2) is 78.9 Å². The zero-order valence-corrected chi connectivity index (χ0v) is 15.9. The molecule has 0 spiro atoms. The minimum Gasteiger partial charge on any atom is -0.465 e. The van der Waals surface area contributed by atoms with E-state index in [9.17, 15) is 9.36 Å². The van der Waals surface area contributed by atoms with Crippen LogP contribution >= 0.6 is 7.60 Å². The quantitative estimate of drug-likeness (QED) is 0.454. The summed E-state index contributed by atoms with van der Waals surface area (Å²) < 4.78 is 29.8. The van der Waals surface area contributed by atoms with E-state index in [1.807, 2.05) is 25.1 Å². The molecular weight excluding hydrogens is 363 g/mol. The molecule has 1 atom stereocenters. The van der Waals surface area contributed by atoms with E-state index in [1.54, 1.807) is 60.7 Å². The van der Waals surface area contributed by atoms with Crippen molar-refractivity contribution < 1.29 is 23.1 Å². The van der Waals surface area contributed by atoms with Crippen LogP contribution in [0.25, 0.3) is 0 Å². The Bertz CT molecular complexity index is 950. The molecule has 3 rings (SSSR count). The second-order valence-electron chi connectivity index (χ2n) is 5.84. The van der Waals surface area contributed by atoms with Gasteiger partial charge in [-0.3, -0.25) is 0 Å². The second-order valence-corrected chi connectivity index (χ2v) is 7.72. The first kappa shape index (κ1) is 18.7. The summed E-state index contributed by atoms with van der Waals surface area (Å²) in [5.74, 6) is 0.310. The third-order valence-corrected chi connectivity index (χ3v) is 5.65. The molecule has 0 heterocycles. The molecule has 0 radical (unpaired) electrons. The molecule has 3 aromatic carbocycles. The zero-order chi connectivity index (χ0) is 19.3. The van der Waals surface area contributed by atoms with Crippen LogP contribution in [0.3, 0.4) is 0 Å². The molecule has 0 aromatic heterocycles. The number of methoxy groups -OCH3 is 1. The molecule has 0 aliphatic heterocycles. The van der Waals surface area contributed by atoms with Gasteiger partial charge < -0.3 is 13.8 Å². The summed E-state index contributed by atoms with van der Waals surface area (Å²) in [6.07, 6.45) is 0. The van der Waals surface area contributed by atoms with Crippen molar-refractivity contribution in [3.8, 4) is 11.5 Å². The normalized spacial score (nSPS) is 12.7. The van der Waals surface area contributed by atoms with E-state index in [1.165, 1.54) is 7.11 Å². The van der Waals surface area contributed by atoms with Crippen molar-refractivity contribution in [2.75, 3.05) is 7.11 Å². The Morgan fingerprint density at radius 3 is 1.81 bits per heavy atom. The number of hydrogen-bond donors (Lipinski definition) is 0. The molecule has 0 aliphatic rings. The van der Waals surface area contributed by atoms with Gasteiger partial charge in [-0.1, -0.05) is 35.9 Å². The third kappa shape index (κ3) is 4.57. The minimum atomic E-state index is -3.69. The maximum atomic E-state index is 13.6. The van der Waals surface area contributed by atoms with E-state index in [-0.39, 0.29) is 0 Å². The van der Waals surface area contributed by atoms with Crippen molar-refractivity contribution in [1.82, 2.24) is 0 Å². The van der Waals surface area contributed by atoms with Gasteiger partial charge in [0.2, 0.25) is 0 Å². The van der Waals surface area contributed by atoms with Crippen LogP contribution in [-0.2, 0) is 9.30 Å². The van der Waals surface area contributed by atoms with Gasteiger partial charge in [-0.2, -0.15) is 0 Å². The number of ether oxygens (including phenoxy) is 1. The predicted molar refractivity (Wildman–Crippen MR) is 104 cm³/mol. The van der Waals surface area contributed by atoms with Gasteiger partial charge >= 0.3 is 13.6 Å². The van der Waals surface area contributed by atoms with Crippen LogP contribution in [0.2, 0.25) is 0 Å². The van der Waals surface area contributed by atoms with E-state index in [0.717, 1.165) is 5.56 Å². The number of aryl methyl sites for hydroxylation is 1. The number of rotatable bonds is 6. The third-order valence-electron chi connectivity index (χ3n) is 3.82. The summed E-state index contributed by atoms with van der Waals surface area (Å²) in [5, 5.41) is 0.433. The Morgan fingerprint density at radius 1 is 0.778 bits per heavy atom. The maximum absolute atomic E-state index is 13.6. The number of esters is 1. The topological polar surface area (TPSA) is 61.8 Å². The molecule has 5 nitrogen and oxygen atoms in total. The van der Waals surface area contributed by atoms with E-state index in [2.05, 4.69) is 4.74 Å². The van der Waals surface area contributed by atoms with Crippen molar-refractivity contribution in [1.29, 1.82) is 0 Å². The highest BCUT2D eigenvalue weighted by Crippen LogP contribution is 2.47. The average molecular weight is 382 g/mol. The Balaban J connectivity index is 1.91. The van der Waals surface area contributed by atoms with Gasteiger partial charge in [0.1, 0.15) is 11.5 Å². The SMILES string of the molecule is COC(=O)c1ccc(OP(=O)(Oc2ccc(C)cc2)c2ccccc2)cc1. The van der Waals surface area contributed by atoms with Crippen molar-refractivity contribution in [2.24, 2.45) is 0 Å². The molecule has 0 saturated heterocycles. The summed E-state index contributed by atoms with van der Waals surface area (Å²) in [6, 6.07) is 22.2. The molecule has 0 amide bonds. The fraction of sp³-hybridized carbons (Fsp3) is 0.0952. The minimum absolute atomic E-state index is 0.321. The summed E-state index contributed by atoms with van der Waals surface area (Å²) in [5.41, 5.74) is 1.44. The van der Waals surface area contributed by atoms with E-state index < -0.39 is 13.6 Å². The van der Waals surface area contributed by atoms with Crippen LogP contribution in [0.1, 0.15) is 15.9 Å². The van der Waals surface area contributed by atoms with Crippen LogP contribution in [-0.4, -0.2) is 13.1 Å². The van der Waals surface area contributed by atoms with E-state index in [0.29, 0.717) is 22.4 Å². The van der Waals surface area contributed by atoms with Gasteiger partial charge in [-0.25, -0.2) is 9.36 Å². The van der Waals surface area contributed by atoms with Crippen LogP contribution < -0.4 is 14.4 Å². The first-order chi connectivity index (χ1) is 13.0. The smallest absolute Gasteiger partial charge is 0.462 e. The number of carbonyl (C=O) groups excluding carboxylic acids is 1. The first-order valence-corrected chi connectivity index (χ1v) is 9.84. The highest BCUT2D eigenvalue weighted by atomic mass is 31.2. The maximum Gasteiger partial charge on any atom is 0.462 e. The largest absolute Gasteiger partial charge is 0.465 e. The van der Waals surface area contributed by atoms with Crippen molar-refractivity contribution >= 4 is 18.9 Å². The molecule has 1 unspecified atom stereocenters. The Labute approximate surface area is 158 Å². The highest BCUT2D eigenvalue weighted by Gasteiger charge is 2.31. The van der Waals surface area contributed by atoms with Gasteiger partial charge in [0.05, 0.1) is 18.0 Å². The molecule has 0 fully saturated rings. The molecule has 6 heteroatoms. The lowest BCUT2D eigenvalue weighted by atomic mass is 10.2. The fourth-order valence-electron chi connectivity index (χ4n) is 2.38. The standard InChI is InChI=1S/C21H19O5P/c1-16-8-12-18(13-9-16)25-27(23,20-6-4-3-5-7-20)26-19-14-10-17(11-15-19)21(22)24-2/h3-15H,1-2H3. The molecule has 3 aromatic rings. The van der Waals surface area contributed by atoms with Gasteiger partial charge in [-0.05, 0) is 55.5 Å². The molecule has 0 aliphatic carbocycles. The first-order valence-electron chi connectivity index (χ1n) is 8.30. The number of hydrogen-bond acceptors (Lipinski definition) is 5. The van der Waals surface area contributed by atoms with Crippen LogP contribution in [0.5, 0.6) is 11.5 Å². The fourth-order valence-corrected chi connectivity index (χ4v) is 3.96. The second kappa shape index (κ2) is 8.11. The van der Waals surface area contributed by atoms with E-state index in [4.69, 9.17) is 9.05 Å². The average Bonchev–Trinajstić information content (AvgIpc) is 2.70. The van der Waals surface area contributed by atoms with Crippen LogP contribution in [0.4, 0.5) is 0 Å². The van der Waals surface area contributed by atoms with Crippen molar-refractivity contribution in [3.63, 3.8) is 0 Å². The van der Waals surface area contributed by atoms with Crippen LogP contribution in [0, 0.1) is 6.92 Å². The lowest BCUT2D eigenvalue weighted by Gasteiger charge is -2.20. The Hall–Kier alpha value is -3.04. The summed E-state index contributed by atoms with van der Waals surface area (Å²) in [6.45, 7) is 1.96. The summed E-state index contributed by atoms with van der Waals surface area (Å²) >= 11 is 0. The molecule has 0 bridgehead atoms. The molecular formula is C21H19O5P. The van der Waals surface area contributed by atoms with Gasteiger partial charge in [-0.15, -0.1) is 0 Å². The highest BCUT2D eigenvalue weighted by molar-refractivity contribution is 7.63.